The third kappa shape index (κ3) is 4.01. The van der Waals surface area contributed by atoms with Crippen molar-refractivity contribution in [2.45, 2.75) is 30.3 Å². The van der Waals surface area contributed by atoms with Gasteiger partial charge in [-0.25, -0.2) is 17.5 Å². The maximum absolute atomic E-state index is 14.2. The van der Waals surface area contributed by atoms with Crippen molar-refractivity contribution in [3.05, 3.63) is 28.0 Å². The number of likely N-dealkylation sites (N-methyl/N-ethyl adjacent to an activating group) is 1. The van der Waals surface area contributed by atoms with Gasteiger partial charge in [0, 0.05) is 29.2 Å². The van der Waals surface area contributed by atoms with E-state index in [1.165, 1.54) is 12.1 Å². The Bertz CT molecular complexity index is 624. The van der Waals surface area contributed by atoms with E-state index in [1.54, 1.807) is 0 Å². The Morgan fingerprint density at radius 3 is 2.86 bits per heavy atom. The molecule has 1 atom stereocenters. The highest BCUT2D eigenvalue weighted by molar-refractivity contribution is 9.10. The molecule has 2 rings (SSSR count). The first-order valence-electron chi connectivity index (χ1n) is 6.72. The number of halogens is 2. The van der Waals surface area contributed by atoms with Gasteiger partial charge in [-0.3, -0.25) is 0 Å². The molecule has 1 aromatic carbocycles. The van der Waals surface area contributed by atoms with E-state index in [-0.39, 0.29) is 23.0 Å². The molecule has 0 bridgehead atoms. The largest absolute Gasteiger partial charge is 0.326 e. The smallest absolute Gasteiger partial charge is 0.243 e. The second kappa shape index (κ2) is 6.70. The van der Waals surface area contributed by atoms with Crippen LogP contribution in [0.5, 0.6) is 0 Å². The minimum absolute atomic E-state index is 0.0556. The summed E-state index contributed by atoms with van der Waals surface area (Å²) in [5, 5.41) is 0. The maximum atomic E-state index is 14.2. The van der Waals surface area contributed by atoms with Crippen molar-refractivity contribution in [1.29, 1.82) is 0 Å². The molecule has 8 heteroatoms. The number of piperidine rings is 1. The summed E-state index contributed by atoms with van der Waals surface area (Å²) in [5.74, 6) is -0.780. The van der Waals surface area contributed by atoms with Gasteiger partial charge in [0.1, 0.15) is 10.7 Å². The number of likely N-dealkylation sites (tertiary alicyclic amines) is 1. The topological polar surface area (TPSA) is 75.4 Å². The third-order valence-electron chi connectivity index (χ3n) is 3.54. The molecule has 5 nitrogen and oxygen atoms in total. The predicted octanol–water partition coefficient (Wildman–Crippen LogP) is 1.42. The predicted molar refractivity (Wildman–Crippen MR) is 82.8 cm³/mol. The average Bonchev–Trinajstić information content (AvgIpc) is 2.40. The summed E-state index contributed by atoms with van der Waals surface area (Å²) in [6, 6.07) is 2.56. The molecular formula is C13H19BrFN3O2S. The first-order valence-corrected chi connectivity index (χ1v) is 9.00. The standard InChI is InChI=1S/C13H19BrFN3O2S/c1-18-4-2-3-11(8-18)17-21(19,20)12-6-10(14)5-9(7-16)13(12)15/h5-6,11,17H,2-4,7-8,16H2,1H3. The zero-order chi connectivity index (χ0) is 15.6. The molecule has 118 valence electrons. The normalized spacial score (nSPS) is 20.7. The summed E-state index contributed by atoms with van der Waals surface area (Å²) in [5.41, 5.74) is 5.62. The Hall–Kier alpha value is -0.540. The van der Waals surface area contributed by atoms with Gasteiger partial charge in [0.2, 0.25) is 10.0 Å². The highest BCUT2D eigenvalue weighted by Crippen LogP contribution is 2.24. The minimum Gasteiger partial charge on any atom is -0.326 e. The summed E-state index contributed by atoms with van der Waals surface area (Å²) >= 11 is 3.19. The van der Waals surface area contributed by atoms with Crippen molar-refractivity contribution in [2.24, 2.45) is 5.73 Å². The summed E-state index contributed by atoms with van der Waals surface area (Å²) in [4.78, 5) is 1.70. The van der Waals surface area contributed by atoms with Crippen molar-refractivity contribution < 1.29 is 12.8 Å². The van der Waals surface area contributed by atoms with Gasteiger partial charge >= 0.3 is 0 Å². The number of hydrogen-bond donors (Lipinski definition) is 2. The fourth-order valence-electron chi connectivity index (χ4n) is 2.51. The number of rotatable bonds is 4. The first kappa shape index (κ1) is 16.8. The second-order valence-electron chi connectivity index (χ2n) is 5.30. The van der Waals surface area contributed by atoms with Gasteiger partial charge in [0.05, 0.1) is 0 Å². The minimum atomic E-state index is -3.91. The van der Waals surface area contributed by atoms with Crippen LogP contribution in [0.25, 0.3) is 0 Å². The average molecular weight is 380 g/mol. The highest BCUT2D eigenvalue weighted by atomic mass is 79.9. The lowest BCUT2D eigenvalue weighted by molar-refractivity contribution is 0.242. The van der Waals surface area contributed by atoms with Crippen LogP contribution in [0.15, 0.2) is 21.5 Å². The molecule has 1 heterocycles. The SMILES string of the molecule is CN1CCCC(NS(=O)(=O)c2cc(Br)cc(CN)c2F)C1. The Morgan fingerprint density at radius 2 is 2.24 bits per heavy atom. The van der Waals surface area contributed by atoms with Gasteiger partial charge in [-0.1, -0.05) is 15.9 Å². The van der Waals surface area contributed by atoms with Crippen molar-refractivity contribution >= 4 is 26.0 Å². The molecule has 1 aliphatic rings. The van der Waals surface area contributed by atoms with Crippen molar-refractivity contribution in [1.82, 2.24) is 9.62 Å². The van der Waals surface area contributed by atoms with E-state index in [0.29, 0.717) is 11.0 Å². The maximum Gasteiger partial charge on any atom is 0.243 e. The van der Waals surface area contributed by atoms with Gasteiger partial charge in [-0.15, -0.1) is 0 Å². The molecule has 1 saturated heterocycles. The number of nitrogens with two attached hydrogens (primary N) is 1. The third-order valence-corrected chi connectivity index (χ3v) is 5.51. The van der Waals surface area contributed by atoms with Crippen LogP contribution in [0, 0.1) is 5.82 Å². The van der Waals surface area contributed by atoms with Crippen LogP contribution in [0.1, 0.15) is 18.4 Å². The number of nitrogens with zero attached hydrogens (tertiary/aromatic N) is 1. The molecule has 21 heavy (non-hydrogen) atoms. The molecule has 1 aliphatic heterocycles. The Kier molecular flexibility index (Phi) is 5.37. The molecule has 0 saturated carbocycles. The van der Waals surface area contributed by atoms with E-state index in [0.717, 1.165) is 19.4 Å². The summed E-state index contributed by atoms with van der Waals surface area (Å²) in [6.07, 6.45) is 1.67. The first-order chi connectivity index (χ1) is 9.83. The van der Waals surface area contributed by atoms with Gasteiger partial charge in [0.25, 0.3) is 0 Å². The molecule has 1 aromatic rings. The zero-order valence-electron chi connectivity index (χ0n) is 11.8. The van der Waals surface area contributed by atoms with Gasteiger partial charge in [-0.2, -0.15) is 0 Å². The molecular weight excluding hydrogens is 361 g/mol. The Morgan fingerprint density at radius 1 is 1.52 bits per heavy atom. The van der Waals surface area contributed by atoms with Crippen molar-refractivity contribution in [3.63, 3.8) is 0 Å². The Labute approximate surface area is 132 Å². The number of benzene rings is 1. The summed E-state index contributed by atoms with van der Waals surface area (Å²) in [6.45, 7) is 1.51. The zero-order valence-corrected chi connectivity index (χ0v) is 14.2. The molecule has 3 N–H and O–H groups in total. The van der Waals surface area contributed by atoms with Crippen LogP contribution in [0.4, 0.5) is 4.39 Å². The molecule has 0 aromatic heterocycles. The van der Waals surface area contributed by atoms with E-state index in [2.05, 4.69) is 25.6 Å². The van der Waals surface area contributed by atoms with Crippen LogP contribution >= 0.6 is 15.9 Å². The van der Waals surface area contributed by atoms with Crippen LogP contribution in [0.2, 0.25) is 0 Å². The quantitative estimate of drug-likeness (QED) is 0.829. The van der Waals surface area contributed by atoms with E-state index < -0.39 is 15.8 Å². The van der Waals surface area contributed by atoms with Crippen LogP contribution in [0.3, 0.4) is 0 Å². The molecule has 1 fully saturated rings. The lowest BCUT2D eigenvalue weighted by Crippen LogP contribution is -2.46. The van der Waals surface area contributed by atoms with Crippen LogP contribution < -0.4 is 10.5 Å². The van der Waals surface area contributed by atoms with Gasteiger partial charge in [0.15, 0.2) is 0 Å². The van der Waals surface area contributed by atoms with Crippen molar-refractivity contribution in [3.8, 4) is 0 Å². The number of hydrogen-bond acceptors (Lipinski definition) is 4. The van der Waals surface area contributed by atoms with E-state index in [1.807, 2.05) is 7.05 Å². The van der Waals surface area contributed by atoms with Gasteiger partial charge < -0.3 is 10.6 Å². The molecule has 0 spiro atoms. The van der Waals surface area contributed by atoms with Crippen molar-refractivity contribution in [2.75, 3.05) is 20.1 Å². The fraction of sp³-hybridized carbons (Fsp3) is 0.538. The summed E-state index contributed by atoms with van der Waals surface area (Å²) in [7, 11) is -1.97. The molecule has 0 radical (unpaired) electrons. The van der Waals surface area contributed by atoms with Gasteiger partial charge in [-0.05, 0) is 38.6 Å². The molecule has 1 unspecified atom stereocenters. The summed E-state index contributed by atoms with van der Waals surface area (Å²) < 4.78 is 42.2. The van der Waals surface area contributed by atoms with E-state index in [4.69, 9.17) is 5.73 Å². The monoisotopic (exact) mass is 379 g/mol. The fourth-order valence-corrected chi connectivity index (χ4v) is 4.57. The highest BCUT2D eigenvalue weighted by Gasteiger charge is 2.27. The second-order valence-corrected chi connectivity index (χ2v) is 7.90. The lowest BCUT2D eigenvalue weighted by atomic mass is 10.1. The number of sulfonamides is 1. The number of nitrogens with one attached hydrogen (secondary N) is 1. The van der Waals surface area contributed by atoms with E-state index in [9.17, 15) is 12.8 Å². The molecule has 0 aliphatic carbocycles. The molecule has 0 amide bonds. The van der Waals surface area contributed by atoms with E-state index >= 15 is 0 Å². The lowest BCUT2D eigenvalue weighted by Gasteiger charge is -2.30. The van der Waals surface area contributed by atoms with Crippen LogP contribution in [-0.4, -0.2) is 39.5 Å². The van der Waals surface area contributed by atoms with Crippen LogP contribution in [-0.2, 0) is 16.6 Å². The Balaban J connectivity index is 2.29.